The first-order chi connectivity index (χ1) is 12.7. The summed E-state index contributed by atoms with van der Waals surface area (Å²) >= 11 is 1.80. The van der Waals surface area contributed by atoms with Gasteiger partial charge in [-0.05, 0) is 52.2 Å². The Hall–Kier alpha value is -2.91. The van der Waals surface area contributed by atoms with Crippen molar-refractivity contribution >= 4 is 43.0 Å². The molecule has 1 aliphatic heterocycles. The smallest absolute Gasteiger partial charge is 0.228 e. The second kappa shape index (κ2) is 4.83. The largest absolute Gasteiger partial charge is 0.456 e. The Morgan fingerprint density at radius 1 is 0.923 bits per heavy atom. The van der Waals surface area contributed by atoms with Gasteiger partial charge in [-0.3, -0.25) is 0 Å². The minimum atomic E-state index is 0.950. The van der Waals surface area contributed by atoms with Gasteiger partial charge in [-0.15, -0.1) is 11.3 Å². The summed E-state index contributed by atoms with van der Waals surface area (Å²) in [6.07, 6.45) is 2.17. The van der Waals surface area contributed by atoms with E-state index < -0.39 is 0 Å². The van der Waals surface area contributed by atoms with E-state index in [2.05, 4.69) is 78.6 Å². The van der Waals surface area contributed by atoms with E-state index >= 15 is 0 Å². The molecule has 0 saturated heterocycles. The van der Waals surface area contributed by atoms with Crippen LogP contribution in [-0.4, -0.2) is 0 Å². The fourth-order valence-corrected chi connectivity index (χ4v) is 5.24. The molecule has 0 spiro atoms. The van der Waals surface area contributed by atoms with Crippen LogP contribution in [0.3, 0.4) is 0 Å². The molecule has 124 valence electrons. The molecular formula is C23H16NOS+. The number of nitrogens with zero attached hydrogens (tertiary/aromatic N) is 1. The van der Waals surface area contributed by atoms with Gasteiger partial charge in [0.2, 0.25) is 5.69 Å². The fourth-order valence-electron chi connectivity index (χ4n) is 4.32. The molecule has 0 N–H and O–H groups in total. The van der Waals surface area contributed by atoms with Gasteiger partial charge in [0.25, 0.3) is 0 Å². The highest BCUT2D eigenvalue weighted by Crippen LogP contribution is 2.50. The minimum absolute atomic E-state index is 0.950. The topological polar surface area (TPSA) is 13.1 Å². The maximum Gasteiger partial charge on any atom is 0.228 e. The molecule has 0 fully saturated rings. The molecule has 26 heavy (non-hydrogen) atoms. The van der Waals surface area contributed by atoms with Gasteiger partial charge in [-0.2, -0.15) is 0 Å². The molecular weight excluding hydrogens is 338 g/mol. The number of hydrogen-bond donors (Lipinski definition) is 0. The molecule has 1 aliphatic rings. The lowest BCUT2D eigenvalue weighted by atomic mass is 9.92. The molecule has 0 saturated carbocycles. The highest BCUT2D eigenvalue weighted by atomic mass is 32.1. The lowest BCUT2D eigenvalue weighted by Crippen LogP contribution is -2.31. The molecule has 0 unspecified atom stereocenters. The zero-order valence-electron chi connectivity index (χ0n) is 14.5. The third kappa shape index (κ3) is 1.68. The van der Waals surface area contributed by atoms with Crippen LogP contribution in [0.25, 0.3) is 42.9 Å². The summed E-state index contributed by atoms with van der Waals surface area (Å²) < 4.78 is 10.0. The van der Waals surface area contributed by atoms with Gasteiger partial charge in [-0.25, -0.2) is 4.57 Å². The molecule has 0 bridgehead atoms. The van der Waals surface area contributed by atoms with Gasteiger partial charge < -0.3 is 4.74 Å². The zero-order valence-corrected chi connectivity index (χ0v) is 15.4. The standard InChI is InChI=1S/C23H16NOS/c1-13-16-6-4-3-5-14(16)11-18-20(13)22-21-17(7-9-24(22)2)23-15(8-10-26-23)12-19(21)25-18/h3-12H,1-2H3/q+1. The van der Waals surface area contributed by atoms with E-state index in [1.807, 2.05) is 0 Å². The maximum absolute atomic E-state index is 6.46. The third-order valence-electron chi connectivity index (χ3n) is 5.53. The van der Waals surface area contributed by atoms with E-state index in [-0.39, 0.29) is 0 Å². The molecule has 6 rings (SSSR count). The Balaban J connectivity index is 1.87. The molecule has 3 aromatic carbocycles. The summed E-state index contributed by atoms with van der Waals surface area (Å²) in [5.74, 6) is 1.91. The van der Waals surface area contributed by atoms with Crippen LogP contribution >= 0.6 is 11.3 Å². The van der Waals surface area contributed by atoms with Crippen molar-refractivity contribution in [1.29, 1.82) is 0 Å². The number of thiophene rings is 1. The van der Waals surface area contributed by atoms with E-state index in [9.17, 15) is 0 Å². The van der Waals surface area contributed by atoms with Crippen LogP contribution in [0, 0.1) is 6.92 Å². The van der Waals surface area contributed by atoms with Crippen LogP contribution < -0.4 is 9.30 Å². The number of rotatable bonds is 0. The number of pyridine rings is 1. The van der Waals surface area contributed by atoms with Crippen molar-refractivity contribution in [2.24, 2.45) is 7.05 Å². The fraction of sp³-hybridized carbons (Fsp3) is 0.0870. The van der Waals surface area contributed by atoms with E-state index in [0.717, 1.165) is 11.5 Å². The van der Waals surface area contributed by atoms with Crippen molar-refractivity contribution in [3.05, 3.63) is 65.7 Å². The first-order valence-electron chi connectivity index (χ1n) is 8.75. The van der Waals surface area contributed by atoms with Crippen molar-refractivity contribution < 1.29 is 9.30 Å². The molecule has 3 heterocycles. The third-order valence-corrected chi connectivity index (χ3v) is 6.49. The van der Waals surface area contributed by atoms with E-state index in [1.165, 1.54) is 48.5 Å². The van der Waals surface area contributed by atoms with Gasteiger partial charge in [0.05, 0.1) is 10.9 Å². The second-order valence-corrected chi connectivity index (χ2v) is 7.89. The first-order valence-corrected chi connectivity index (χ1v) is 9.63. The number of fused-ring (bicyclic) bond motifs is 5. The number of aromatic nitrogens is 1. The Bertz CT molecular complexity index is 1380. The second-order valence-electron chi connectivity index (χ2n) is 6.98. The summed E-state index contributed by atoms with van der Waals surface area (Å²) in [6, 6.07) is 17.3. The summed E-state index contributed by atoms with van der Waals surface area (Å²) in [4.78, 5) is 0. The van der Waals surface area contributed by atoms with Crippen LogP contribution in [-0.2, 0) is 7.05 Å². The molecule has 2 nitrogen and oxygen atoms in total. The van der Waals surface area contributed by atoms with Gasteiger partial charge in [0.1, 0.15) is 18.5 Å². The monoisotopic (exact) mass is 354 g/mol. The molecule has 0 aliphatic carbocycles. The van der Waals surface area contributed by atoms with Crippen molar-refractivity contribution in [3.63, 3.8) is 0 Å². The highest BCUT2D eigenvalue weighted by molar-refractivity contribution is 7.18. The van der Waals surface area contributed by atoms with Gasteiger partial charge in [-0.1, -0.05) is 24.3 Å². The van der Waals surface area contributed by atoms with Crippen molar-refractivity contribution in [2.75, 3.05) is 0 Å². The van der Waals surface area contributed by atoms with Gasteiger partial charge in [0, 0.05) is 16.2 Å². The summed E-state index contributed by atoms with van der Waals surface area (Å²) in [7, 11) is 2.13. The predicted octanol–water partition coefficient (Wildman–Crippen LogP) is 6.11. The molecule has 0 radical (unpaired) electrons. The van der Waals surface area contributed by atoms with E-state index in [0.29, 0.717) is 0 Å². The number of benzene rings is 3. The van der Waals surface area contributed by atoms with Crippen molar-refractivity contribution in [3.8, 4) is 22.8 Å². The number of ether oxygens (including phenoxy) is 1. The number of hydrogen-bond acceptors (Lipinski definition) is 2. The van der Waals surface area contributed by atoms with Crippen LogP contribution in [0.4, 0.5) is 0 Å². The molecule has 2 aromatic heterocycles. The van der Waals surface area contributed by atoms with Crippen LogP contribution in [0.2, 0.25) is 0 Å². The predicted molar refractivity (Wildman–Crippen MR) is 108 cm³/mol. The lowest BCUT2D eigenvalue weighted by molar-refractivity contribution is -0.659. The summed E-state index contributed by atoms with van der Waals surface area (Å²) in [5.41, 5.74) is 3.73. The van der Waals surface area contributed by atoms with Crippen molar-refractivity contribution in [1.82, 2.24) is 0 Å². The first kappa shape index (κ1) is 14.3. The quantitative estimate of drug-likeness (QED) is 0.300. The zero-order chi connectivity index (χ0) is 17.4. The molecule has 5 aromatic rings. The van der Waals surface area contributed by atoms with Crippen LogP contribution in [0.15, 0.2) is 60.1 Å². The number of aryl methyl sites for hydroxylation is 2. The van der Waals surface area contributed by atoms with Crippen LogP contribution in [0.5, 0.6) is 11.5 Å². The lowest BCUT2D eigenvalue weighted by Gasteiger charge is -2.22. The average molecular weight is 354 g/mol. The SMILES string of the molecule is Cc1c2c(cc3ccccc13)Oc1cc3ccsc3c3cc[n+](C)c-2c13. The van der Waals surface area contributed by atoms with Crippen molar-refractivity contribution in [2.45, 2.75) is 6.92 Å². The summed E-state index contributed by atoms with van der Waals surface area (Å²) in [6.45, 7) is 2.21. The highest BCUT2D eigenvalue weighted by Gasteiger charge is 2.30. The van der Waals surface area contributed by atoms with Gasteiger partial charge >= 0.3 is 0 Å². The Labute approximate surface area is 154 Å². The normalized spacial score (nSPS) is 12.5. The average Bonchev–Trinajstić information content (AvgIpc) is 3.12. The minimum Gasteiger partial charge on any atom is -0.456 e. The molecule has 0 atom stereocenters. The Kier molecular flexibility index (Phi) is 2.65. The Morgan fingerprint density at radius 2 is 1.77 bits per heavy atom. The molecule has 0 amide bonds. The maximum atomic E-state index is 6.46. The summed E-state index contributed by atoms with van der Waals surface area (Å²) in [5, 5.41) is 8.41. The van der Waals surface area contributed by atoms with Crippen LogP contribution in [0.1, 0.15) is 5.56 Å². The van der Waals surface area contributed by atoms with E-state index in [1.54, 1.807) is 11.3 Å². The Morgan fingerprint density at radius 3 is 2.69 bits per heavy atom. The van der Waals surface area contributed by atoms with Gasteiger partial charge in [0.15, 0.2) is 6.20 Å². The van der Waals surface area contributed by atoms with E-state index in [4.69, 9.17) is 4.74 Å². The molecule has 3 heteroatoms.